The van der Waals surface area contributed by atoms with Gasteiger partial charge in [0.1, 0.15) is 5.82 Å². The molecular formula is C13H19N3O. The highest BCUT2D eigenvalue weighted by molar-refractivity contribution is 5.98. The molecule has 1 amide bonds. The van der Waals surface area contributed by atoms with Gasteiger partial charge in [-0.15, -0.1) is 0 Å². The summed E-state index contributed by atoms with van der Waals surface area (Å²) in [6.07, 6.45) is 4.47. The average molecular weight is 233 g/mol. The first kappa shape index (κ1) is 12.0. The van der Waals surface area contributed by atoms with E-state index in [4.69, 9.17) is 0 Å². The van der Waals surface area contributed by atoms with Crippen LogP contribution in [0, 0.1) is 6.92 Å². The van der Waals surface area contributed by atoms with E-state index in [-0.39, 0.29) is 5.91 Å². The van der Waals surface area contributed by atoms with Gasteiger partial charge in [-0.2, -0.15) is 0 Å². The second-order valence-corrected chi connectivity index (χ2v) is 4.59. The zero-order chi connectivity index (χ0) is 12.3. The SMILES string of the molecule is CCC1(C(=O)Nc2ncccc2C)CCCN1. The van der Waals surface area contributed by atoms with Gasteiger partial charge in [-0.3, -0.25) is 4.79 Å². The Labute approximate surface area is 102 Å². The van der Waals surface area contributed by atoms with Crippen LogP contribution in [0.2, 0.25) is 0 Å². The normalized spacial score (nSPS) is 23.6. The Kier molecular flexibility index (Phi) is 3.43. The molecule has 0 saturated carbocycles. The number of nitrogens with one attached hydrogen (secondary N) is 2. The molecule has 92 valence electrons. The van der Waals surface area contributed by atoms with Gasteiger partial charge < -0.3 is 10.6 Å². The zero-order valence-corrected chi connectivity index (χ0v) is 10.4. The molecule has 2 heterocycles. The minimum absolute atomic E-state index is 0.0410. The number of hydrogen-bond donors (Lipinski definition) is 2. The molecule has 4 heteroatoms. The van der Waals surface area contributed by atoms with Crippen molar-refractivity contribution in [1.29, 1.82) is 0 Å². The van der Waals surface area contributed by atoms with E-state index in [1.165, 1.54) is 0 Å². The van der Waals surface area contributed by atoms with Crippen molar-refractivity contribution in [3.05, 3.63) is 23.9 Å². The van der Waals surface area contributed by atoms with Crippen LogP contribution >= 0.6 is 0 Å². The zero-order valence-electron chi connectivity index (χ0n) is 10.4. The Bertz CT molecular complexity index is 411. The van der Waals surface area contributed by atoms with Gasteiger partial charge in [0.25, 0.3) is 0 Å². The van der Waals surface area contributed by atoms with Crippen molar-refractivity contribution in [1.82, 2.24) is 10.3 Å². The monoisotopic (exact) mass is 233 g/mol. The maximum absolute atomic E-state index is 12.3. The number of pyridine rings is 1. The Morgan fingerprint density at radius 2 is 2.47 bits per heavy atom. The van der Waals surface area contributed by atoms with E-state index >= 15 is 0 Å². The molecule has 0 spiro atoms. The summed E-state index contributed by atoms with van der Waals surface area (Å²) < 4.78 is 0. The summed E-state index contributed by atoms with van der Waals surface area (Å²) in [6.45, 7) is 4.91. The smallest absolute Gasteiger partial charge is 0.245 e. The largest absolute Gasteiger partial charge is 0.309 e. The molecule has 1 unspecified atom stereocenters. The van der Waals surface area contributed by atoms with Crippen LogP contribution in [0.3, 0.4) is 0 Å². The van der Waals surface area contributed by atoms with Crippen LogP contribution in [-0.4, -0.2) is 23.0 Å². The second kappa shape index (κ2) is 4.84. The Hall–Kier alpha value is -1.42. The van der Waals surface area contributed by atoms with Crippen molar-refractivity contribution < 1.29 is 4.79 Å². The van der Waals surface area contributed by atoms with E-state index < -0.39 is 5.54 Å². The summed E-state index contributed by atoms with van der Waals surface area (Å²) in [5.41, 5.74) is 0.592. The second-order valence-electron chi connectivity index (χ2n) is 4.59. The Morgan fingerprint density at radius 3 is 3.06 bits per heavy atom. The predicted molar refractivity (Wildman–Crippen MR) is 67.9 cm³/mol. The van der Waals surface area contributed by atoms with Crippen LogP contribution in [0.15, 0.2) is 18.3 Å². The number of hydrogen-bond acceptors (Lipinski definition) is 3. The topological polar surface area (TPSA) is 54.0 Å². The molecule has 1 aliphatic rings. The van der Waals surface area contributed by atoms with E-state index in [0.717, 1.165) is 31.4 Å². The molecule has 1 atom stereocenters. The van der Waals surface area contributed by atoms with Crippen LogP contribution in [0.1, 0.15) is 31.7 Å². The molecule has 2 rings (SSSR count). The van der Waals surface area contributed by atoms with Gasteiger partial charge in [0.2, 0.25) is 5.91 Å². The maximum Gasteiger partial charge on any atom is 0.245 e. The van der Waals surface area contributed by atoms with Gasteiger partial charge in [0.15, 0.2) is 0 Å². The molecule has 1 fully saturated rings. The lowest BCUT2D eigenvalue weighted by molar-refractivity contribution is -0.122. The van der Waals surface area contributed by atoms with Crippen molar-refractivity contribution in [3.8, 4) is 0 Å². The van der Waals surface area contributed by atoms with Crippen LogP contribution in [0.25, 0.3) is 0 Å². The highest BCUT2D eigenvalue weighted by atomic mass is 16.2. The van der Waals surface area contributed by atoms with E-state index in [9.17, 15) is 4.79 Å². The van der Waals surface area contributed by atoms with Gasteiger partial charge in [0, 0.05) is 6.20 Å². The Morgan fingerprint density at radius 1 is 1.65 bits per heavy atom. The van der Waals surface area contributed by atoms with Crippen molar-refractivity contribution in [2.45, 2.75) is 38.6 Å². The first-order valence-corrected chi connectivity index (χ1v) is 6.16. The lowest BCUT2D eigenvalue weighted by Gasteiger charge is -2.26. The summed E-state index contributed by atoms with van der Waals surface area (Å²) in [5.74, 6) is 0.707. The number of amides is 1. The number of rotatable bonds is 3. The molecular weight excluding hydrogens is 214 g/mol. The first-order valence-electron chi connectivity index (χ1n) is 6.16. The van der Waals surface area contributed by atoms with Crippen LogP contribution in [0.4, 0.5) is 5.82 Å². The minimum Gasteiger partial charge on any atom is -0.309 e. The van der Waals surface area contributed by atoms with Crippen molar-refractivity contribution >= 4 is 11.7 Å². The molecule has 0 radical (unpaired) electrons. The molecule has 1 aliphatic heterocycles. The molecule has 0 aliphatic carbocycles. The molecule has 1 aromatic heterocycles. The number of anilines is 1. The third-order valence-corrected chi connectivity index (χ3v) is 3.52. The fourth-order valence-electron chi connectivity index (χ4n) is 2.31. The van der Waals surface area contributed by atoms with Gasteiger partial charge >= 0.3 is 0 Å². The van der Waals surface area contributed by atoms with Crippen molar-refractivity contribution in [2.24, 2.45) is 0 Å². The van der Waals surface area contributed by atoms with Crippen molar-refractivity contribution in [2.75, 3.05) is 11.9 Å². The van der Waals surface area contributed by atoms with Crippen molar-refractivity contribution in [3.63, 3.8) is 0 Å². The lowest BCUT2D eigenvalue weighted by atomic mass is 9.93. The number of nitrogens with zero attached hydrogens (tertiary/aromatic N) is 1. The summed E-state index contributed by atoms with van der Waals surface area (Å²) in [5, 5.41) is 6.25. The highest BCUT2D eigenvalue weighted by Crippen LogP contribution is 2.25. The third-order valence-electron chi connectivity index (χ3n) is 3.52. The maximum atomic E-state index is 12.3. The van der Waals surface area contributed by atoms with E-state index in [1.807, 2.05) is 26.0 Å². The minimum atomic E-state index is -0.399. The van der Waals surface area contributed by atoms with E-state index in [2.05, 4.69) is 15.6 Å². The predicted octanol–water partition coefficient (Wildman–Crippen LogP) is 1.86. The van der Waals surface area contributed by atoms with Crippen LogP contribution in [0.5, 0.6) is 0 Å². The van der Waals surface area contributed by atoms with Crippen LogP contribution in [-0.2, 0) is 4.79 Å². The molecule has 0 bridgehead atoms. The molecule has 1 aromatic rings. The van der Waals surface area contributed by atoms with E-state index in [0.29, 0.717) is 5.82 Å². The standard InChI is InChI=1S/C13H19N3O/c1-3-13(7-5-9-15-13)12(17)16-11-10(2)6-4-8-14-11/h4,6,8,15H,3,5,7,9H2,1-2H3,(H,14,16,17). The molecule has 17 heavy (non-hydrogen) atoms. The van der Waals surface area contributed by atoms with Gasteiger partial charge in [0.05, 0.1) is 5.54 Å². The third kappa shape index (κ3) is 2.31. The van der Waals surface area contributed by atoms with Gasteiger partial charge in [-0.05, 0) is 44.4 Å². The number of carbonyl (C=O) groups is 1. The summed E-state index contributed by atoms with van der Waals surface area (Å²) in [6, 6.07) is 3.82. The fraction of sp³-hybridized carbons (Fsp3) is 0.538. The molecule has 0 aromatic carbocycles. The summed E-state index contributed by atoms with van der Waals surface area (Å²) in [4.78, 5) is 16.5. The van der Waals surface area contributed by atoms with Crippen LogP contribution < -0.4 is 10.6 Å². The Balaban J connectivity index is 2.14. The number of aromatic nitrogens is 1. The number of carbonyl (C=O) groups excluding carboxylic acids is 1. The molecule has 1 saturated heterocycles. The average Bonchev–Trinajstić information content (AvgIpc) is 2.82. The quantitative estimate of drug-likeness (QED) is 0.838. The molecule has 4 nitrogen and oxygen atoms in total. The van der Waals surface area contributed by atoms with E-state index in [1.54, 1.807) is 6.20 Å². The molecule has 2 N–H and O–H groups in total. The van der Waals surface area contributed by atoms with Gasteiger partial charge in [-0.25, -0.2) is 4.98 Å². The first-order chi connectivity index (χ1) is 8.18. The highest BCUT2D eigenvalue weighted by Gasteiger charge is 2.39. The number of aryl methyl sites for hydroxylation is 1. The van der Waals surface area contributed by atoms with Gasteiger partial charge in [-0.1, -0.05) is 13.0 Å². The lowest BCUT2D eigenvalue weighted by Crippen LogP contribution is -2.50. The summed E-state index contributed by atoms with van der Waals surface area (Å²) in [7, 11) is 0. The summed E-state index contributed by atoms with van der Waals surface area (Å²) >= 11 is 0. The fourth-order valence-corrected chi connectivity index (χ4v) is 2.31.